The predicted octanol–water partition coefficient (Wildman–Crippen LogP) is 3.15. The zero-order chi connectivity index (χ0) is 15.0. The van der Waals surface area contributed by atoms with Gasteiger partial charge in [0.2, 0.25) is 10.0 Å². The minimum atomic E-state index is -3.42. The highest BCUT2D eigenvalue weighted by atomic mass is 32.2. The van der Waals surface area contributed by atoms with Crippen LogP contribution in [-0.2, 0) is 10.0 Å². The van der Waals surface area contributed by atoms with E-state index >= 15 is 0 Å². The van der Waals surface area contributed by atoms with Crippen LogP contribution in [0.25, 0.3) is 0 Å². The van der Waals surface area contributed by atoms with Crippen LogP contribution in [0.3, 0.4) is 0 Å². The topological polar surface area (TPSA) is 72.2 Å². The van der Waals surface area contributed by atoms with Crippen molar-refractivity contribution in [3.63, 3.8) is 0 Å². The Labute approximate surface area is 122 Å². The van der Waals surface area contributed by atoms with Gasteiger partial charge < -0.3 is 5.73 Å². The molecule has 0 amide bonds. The van der Waals surface area contributed by atoms with Crippen molar-refractivity contribution in [2.75, 3.05) is 12.3 Å². The number of hydrogen-bond acceptors (Lipinski definition) is 3. The van der Waals surface area contributed by atoms with Gasteiger partial charge in [-0.1, -0.05) is 45.6 Å². The summed E-state index contributed by atoms with van der Waals surface area (Å²) in [5, 5.41) is 0. The smallest absolute Gasteiger partial charge is 0.240 e. The van der Waals surface area contributed by atoms with E-state index in [1.54, 1.807) is 18.2 Å². The standard InChI is InChI=1S/C15H26N2O2S/c1-13(2)8-5-3-4-6-11-17-20(18,19)15-10-7-9-14(16)12-15/h7,9-10,12-13,17H,3-6,8,11,16H2,1-2H3. The normalized spacial score (nSPS) is 11.9. The highest BCUT2D eigenvalue weighted by Crippen LogP contribution is 2.13. The first kappa shape index (κ1) is 17.0. The van der Waals surface area contributed by atoms with Crippen molar-refractivity contribution in [2.24, 2.45) is 5.92 Å². The second-order valence-electron chi connectivity index (χ2n) is 5.57. The van der Waals surface area contributed by atoms with Crippen molar-refractivity contribution >= 4 is 15.7 Å². The summed E-state index contributed by atoms with van der Waals surface area (Å²) < 4.78 is 26.6. The van der Waals surface area contributed by atoms with Crippen molar-refractivity contribution in [2.45, 2.75) is 50.8 Å². The molecule has 0 saturated heterocycles. The van der Waals surface area contributed by atoms with Crippen molar-refractivity contribution in [3.05, 3.63) is 24.3 Å². The Bertz CT molecular complexity index is 498. The summed E-state index contributed by atoms with van der Waals surface area (Å²) in [6, 6.07) is 6.36. The molecule has 1 aromatic rings. The van der Waals surface area contributed by atoms with Gasteiger partial charge in [-0.3, -0.25) is 0 Å². The van der Waals surface area contributed by atoms with Crippen LogP contribution in [-0.4, -0.2) is 15.0 Å². The molecular formula is C15H26N2O2S. The lowest BCUT2D eigenvalue weighted by molar-refractivity contribution is 0.517. The van der Waals surface area contributed by atoms with Gasteiger partial charge in [0.05, 0.1) is 4.90 Å². The SMILES string of the molecule is CC(C)CCCCCCNS(=O)(=O)c1cccc(N)c1. The summed E-state index contributed by atoms with van der Waals surface area (Å²) >= 11 is 0. The van der Waals surface area contributed by atoms with Crippen LogP contribution in [0.1, 0.15) is 46.0 Å². The zero-order valence-corrected chi connectivity index (χ0v) is 13.2. The van der Waals surface area contributed by atoms with Crippen molar-refractivity contribution in [1.29, 1.82) is 0 Å². The number of anilines is 1. The molecule has 0 aliphatic rings. The Balaban J connectivity index is 2.27. The van der Waals surface area contributed by atoms with E-state index in [4.69, 9.17) is 5.73 Å². The predicted molar refractivity (Wildman–Crippen MR) is 84.0 cm³/mol. The van der Waals surface area contributed by atoms with Gasteiger partial charge in [0, 0.05) is 12.2 Å². The fourth-order valence-corrected chi connectivity index (χ4v) is 3.13. The molecule has 0 radical (unpaired) electrons. The maximum atomic E-state index is 12.0. The monoisotopic (exact) mass is 298 g/mol. The molecule has 0 spiro atoms. The summed E-state index contributed by atoms with van der Waals surface area (Å²) in [6.45, 7) is 4.93. The van der Waals surface area contributed by atoms with Gasteiger partial charge in [0.25, 0.3) is 0 Å². The van der Waals surface area contributed by atoms with Gasteiger partial charge >= 0.3 is 0 Å². The molecule has 0 unspecified atom stereocenters. The molecule has 0 bridgehead atoms. The summed E-state index contributed by atoms with van der Waals surface area (Å²) in [5.74, 6) is 0.747. The zero-order valence-electron chi connectivity index (χ0n) is 12.4. The Kier molecular flexibility index (Phi) is 7.02. The minimum absolute atomic E-state index is 0.234. The maximum absolute atomic E-state index is 12.0. The highest BCUT2D eigenvalue weighted by Gasteiger charge is 2.12. The molecule has 0 aliphatic carbocycles. The van der Waals surface area contributed by atoms with Gasteiger partial charge in [-0.25, -0.2) is 13.1 Å². The maximum Gasteiger partial charge on any atom is 0.240 e. The fraction of sp³-hybridized carbons (Fsp3) is 0.600. The molecule has 114 valence electrons. The van der Waals surface area contributed by atoms with Crippen molar-refractivity contribution in [1.82, 2.24) is 4.72 Å². The first-order chi connectivity index (χ1) is 9.42. The number of sulfonamides is 1. The van der Waals surface area contributed by atoms with E-state index in [0.29, 0.717) is 12.2 Å². The number of nitrogens with two attached hydrogens (primary N) is 1. The third-order valence-corrected chi connectivity index (χ3v) is 4.63. The van der Waals surface area contributed by atoms with E-state index in [1.807, 2.05) is 0 Å². The van der Waals surface area contributed by atoms with Gasteiger partial charge in [0.15, 0.2) is 0 Å². The van der Waals surface area contributed by atoms with Crippen LogP contribution in [0, 0.1) is 5.92 Å². The fourth-order valence-electron chi connectivity index (χ4n) is 2.00. The van der Waals surface area contributed by atoms with Gasteiger partial charge in [0.1, 0.15) is 0 Å². The molecule has 5 heteroatoms. The molecule has 0 aliphatic heterocycles. The van der Waals surface area contributed by atoms with Crippen LogP contribution in [0.5, 0.6) is 0 Å². The summed E-state index contributed by atoms with van der Waals surface area (Å²) in [5.41, 5.74) is 6.06. The van der Waals surface area contributed by atoms with E-state index in [-0.39, 0.29) is 4.90 Å². The van der Waals surface area contributed by atoms with Crippen LogP contribution >= 0.6 is 0 Å². The first-order valence-corrected chi connectivity index (χ1v) is 8.75. The molecule has 0 heterocycles. The van der Waals surface area contributed by atoms with Gasteiger partial charge in [-0.05, 0) is 30.5 Å². The average Bonchev–Trinajstić information content (AvgIpc) is 2.37. The van der Waals surface area contributed by atoms with Gasteiger partial charge in [-0.15, -0.1) is 0 Å². The summed E-state index contributed by atoms with van der Waals surface area (Å²) in [4.78, 5) is 0.234. The van der Waals surface area contributed by atoms with Crippen molar-refractivity contribution < 1.29 is 8.42 Å². The van der Waals surface area contributed by atoms with E-state index in [0.717, 1.165) is 25.2 Å². The number of rotatable bonds is 9. The highest BCUT2D eigenvalue weighted by molar-refractivity contribution is 7.89. The number of benzene rings is 1. The Hall–Kier alpha value is -1.07. The number of nitrogens with one attached hydrogen (secondary N) is 1. The molecule has 1 rings (SSSR count). The van der Waals surface area contributed by atoms with Crippen LogP contribution < -0.4 is 10.5 Å². The van der Waals surface area contributed by atoms with Crippen molar-refractivity contribution in [3.8, 4) is 0 Å². The summed E-state index contributed by atoms with van der Waals surface area (Å²) in [6.07, 6.45) is 5.57. The Morgan fingerprint density at radius 2 is 1.85 bits per heavy atom. The van der Waals surface area contributed by atoms with E-state index in [2.05, 4.69) is 18.6 Å². The lowest BCUT2D eigenvalue weighted by Crippen LogP contribution is -2.24. The molecule has 4 nitrogen and oxygen atoms in total. The van der Waals surface area contributed by atoms with E-state index < -0.39 is 10.0 Å². The Morgan fingerprint density at radius 1 is 1.15 bits per heavy atom. The van der Waals surface area contributed by atoms with Crippen LogP contribution in [0.4, 0.5) is 5.69 Å². The molecule has 1 aromatic carbocycles. The summed E-state index contributed by atoms with van der Waals surface area (Å²) in [7, 11) is -3.42. The third kappa shape index (κ3) is 6.39. The average molecular weight is 298 g/mol. The third-order valence-electron chi connectivity index (χ3n) is 3.17. The molecule has 20 heavy (non-hydrogen) atoms. The molecule has 0 fully saturated rings. The van der Waals surface area contributed by atoms with Gasteiger partial charge in [-0.2, -0.15) is 0 Å². The molecule has 0 aromatic heterocycles. The molecule has 3 N–H and O–H groups in total. The lowest BCUT2D eigenvalue weighted by atomic mass is 10.0. The number of hydrogen-bond donors (Lipinski definition) is 2. The quantitative estimate of drug-likeness (QED) is 0.543. The van der Waals surface area contributed by atoms with Crippen LogP contribution in [0.15, 0.2) is 29.2 Å². The second kappa shape index (κ2) is 8.27. The number of nitrogen functional groups attached to an aromatic ring is 1. The first-order valence-electron chi connectivity index (χ1n) is 7.27. The molecule has 0 atom stereocenters. The Morgan fingerprint density at radius 3 is 2.50 bits per heavy atom. The number of unbranched alkanes of at least 4 members (excludes halogenated alkanes) is 3. The molecule has 0 saturated carbocycles. The molecular weight excluding hydrogens is 272 g/mol. The second-order valence-corrected chi connectivity index (χ2v) is 7.33. The van der Waals surface area contributed by atoms with Crippen LogP contribution in [0.2, 0.25) is 0 Å². The lowest BCUT2D eigenvalue weighted by Gasteiger charge is -2.08. The largest absolute Gasteiger partial charge is 0.399 e. The minimum Gasteiger partial charge on any atom is -0.399 e. The van der Waals surface area contributed by atoms with E-state index in [1.165, 1.54) is 18.9 Å². The van der Waals surface area contributed by atoms with E-state index in [9.17, 15) is 8.42 Å².